The maximum absolute atomic E-state index is 13.3. The van der Waals surface area contributed by atoms with Crippen molar-refractivity contribution >= 4 is 17.5 Å². The quantitative estimate of drug-likeness (QED) is 0.446. The molecule has 1 aliphatic rings. The van der Waals surface area contributed by atoms with E-state index in [2.05, 4.69) is 20.1 Å². The van der Waals surface area contributed by atoms with Gasteiger partial charge in [0.1, 0.15) is 6.33 Å². The zero-order valence-corrected chi connectivity index (χ0v) is 17.9. The van der Waals surface area contributed by atoms with Crippen LogP contribution in [0.3, 0.4) is 0 Å². The average Bonchev–Trinajstić information content (AvgIpc) is 3.44. The Morgan fingerprint density at radius 3 is 2.06 bits per heavy atom. The van der Waals surface area contributed by atoms with Crippen LogP contribution in [-0.2, 0) is 0 Å². The van der Waals surface area contributed by atoms with Gasteiger partial charge < -0.3 is 9.80 Å². The number of rotatable bonds is 5. The van der Waals surface area contributed by atoms with Gasteiger partial charge in [-0.2, -0.15) is 0 Å². The number of amides is 1. The number of carbonyl (C=O) groups excluding carboxylic acids is 2. The number of piperazine rings is 1. The summed E-state index contributed by atoms with van der Waals surface area (Å²) in [5.74, 6) is 1.19. The van der Waals surface area contributed by atoms with Crippen molar-refractivity contribution in [3.63, 3.8) is 0 Å². The predicted molar refractivity (Wildman–Crippen MR) is 124 cm³/mol. The Bertz CT molecular complexity index is 1250. The van der Waals surface area contributed by atoms with Gasteiger partial charge in [0.2, 0.25) is 0 Å². The molecule has 33 heavy (non-hydrogen) atoms. The lowest BCUT2D eigenvalue weighted by molar-refractivity contribution is 0.0742. The molecule has 8 nitrogen and oxygen atoms in total. The Balaban J connectivity index is 1.27. The monoisotopic (exact) mass is 438 g/mol. The van der Waals surface area contributed by atoms with Crippen LogP contribution in [0.4, 0.5) is 5.82 Å². The average molecular weight is 438 g/mol. The molecule has 1 saturated heterocycles. The van der Waals surface area contributed by atoms with Crippen molar-refractivity contribution in [2.45, 2.75) is 0 Å². The lowest BCUT2D eigenvalue weighted by atomic mass is 9.97. The molecule has 164 valence electrons. The second-order valence-corrected chi connectivity index (χ2v) is 7.74. The van der Waals surface area contributed by atoms with Crippen molar-refractivity contribution in [1.29, 1.82) is 0 Å². The Morgan fingerprint density at radius 1 is 0.727 bits per heavy atom. The van der Waals surface area contributed by atoms with E-state index in [1.165, 1.54) is 0 Å². The van der Waals surface area contributed by atoms with Gasteiger partial charge in [0, 0.05) is 49.7 Å². The second-order valence-electron chi connectivity index (χ2n) is 7.74. The van der Waals surface area contributed by atoms with Gasteiger partial charge in [0.25, 0.3) is 5.91 Å². The molecule has 0 saturated carbocycles. The predicted octanol–water partition coefficient (Wildman–Crippen LogP) is 2.86. The van der Waals surface area contributed by atoms with Gasteiger partial charge in [-0.25, -0.2) is 4.98 Å². The van der Waals surface area contributed by atoms with Crippen LogP contribution < -0.4 is 4.90 Å². The molecule has 8 heteroatoms. The molecule has 0 radical (unpaired) electrons. The number of aromatic nitrogens is 4. The summed E-state index contributed by atoms with van der Waals surface area (Å²) in [6.07, 6.45) is 5.18. The number of imidazole rings is 1. The fourth-order valence-electron chi connectivity index (χ4n) is 3.94. The summed E-state index contributed by atoms with van der Waals surface area (Å²) >= 11 is 0. The molecule has 5 rings (SSSR count). The number of benzene rings is 2. The van der Waals surface area contributed by atoms with E-state index in [0.717, 1.165) is 5.82 Å². The Kier molecular flexibility index (Phi) is 5.63. The first-order valence-corrected chi connectivity index (χ1v) is 10.8. The van der Waals surface area contributed by atoms with Gasteiger partial charge in [-0.3, -0.25) is 14.2 Å². The Morgan fingerprint density at radius 2 is 1.39 bits per heavy atom. The van der Waals surface area contributed by atoms with Gasteiger partial charge >= 0.3 is 0 Å². The largest absolute Gasteiger partial charge is 0.352 e. The van der Waals surface area contributed by atoms with Crippen LogP contribution >= 0.6 is 0 Å². The maximum Gasteiger partial charge on any atom is 0.254 e. The van der Waals surface area contributed by atoms with Gasteiger partial charge in [-0.05, 0) is 18.2 Å². The van der Waals surface area contributed by atoms with Crippen LogP contribution in [0.15, 0.2) is 85.5 Å². The van der Waals surface area contributed by atoms with E-state index in [9.17, 15) is 9.59 Å². The molecule has 0 aliphatic carbocycles. The van der Waals surface area contributed by atoms with E-state index < -0.39 is 0 Å². The van der Waals surface area contributed by atoms with Crippen molar-refractivity contribution in [3.8, 4) is 5.82 Å². The van der Waals surface area contributed by atoms with E-state index in [1.807, 2.05) is 36.5 Å². The molecule has 3 heterocycles. The molecule has 2 aromatic heterocycles. The molecule has 0 spiro atoms. The summed E-state index contributed by atoms with van der Waals surface area (Å²) in [7, 11) is 0. The first kappa shape index (κ1) is 20.6. The van der Waals surface area contributed by atoms with Crippen LogP contribution in [0.1, 0.15) is 26.3 Å². The molecule has 2 aromatic carbocycles. The normalized spacial score (nSPS) is 13.7. The van der Waals surface area contributed by atoms with Crippen LogP contribution in [0.2, 0.25) is 0 Å². The third kappa shape index (κ3) is 4.23. The molecule has 0 atom stereocenters. The van der Waals surface area contributed by atoms with Crippen LogP contribution in [0.25, 0.3) is 5.82 Å². The van der Waals surface area contributed by atoms with Crippen molar-refractivity contribution in [3.05, 3.63) is 102 Å². The zero-order chi connectivity index (χ0) is 22.6. The minimum absolute atomic E-state index is 0.129. The molecular formula is C25H22N6O2. The highest BCUT2D eigenvalue weighted by atomic mass is 16.2. The number of ketones is 1. The van der Waals surface area contributed by atoms with E-state index in [-0.39, 0.29) is 11.7 Å². The molecular weight excluding hydrogens is 416 g/mol. The number of carbonyl (C=O) groups is 2. The van der Waals surface area contributed by atoms with E-state index >= 15 is 0 Å². The third-order valence-corrected chi connectivity index (χ3v) is 5.73. The molecule has 1 fully saturated rings. The molecule has 0 bridgehead atoms. The minimum Gasteiger partial charge on any atom is -0.352 e. The van der Waals surface area contributed by atoms with E-state index in [0.29, 0.717) is 48.7 Å². The van der Waals surface area contributed by atoms with Crippen molar-refractivity contribution in [2.75, 3.05) is 31.1 Å². The number of hydrogen-bond donors (Lipinski definition) is 0. The van der Waals surface area contributed by atoms with E-state index in [1.54, 1.807) is 58.4 Å². The summed E-state index contributed by atoms with van der Waals surface area (Å²) in [6.45, 7) is 2.36. The first-order valence-electron chi connectivity index (χ1n) is 10.8. The number of anilines is 1. The molecule has 1 amide bonds. The summed E-state index contributed by atoms with van der Waals surface area (Å²) in [4.78, 5) is 34.2. The second kappa shape index (κ2) is 9.04. The van der Waals surface area contributed by atoms with Crippen molar-refractivity contribution in [1.82, 2.24) is 24.6 Å². The summed E-state index contributed by atoms with van der Waals surface area (Å²) in [5, 5.41) is 8.61. The van der Waals surface area contributed by atoms with Gasteiger partial charge in [-0.15, -0.1) is 10.2 Å². The third-order valence-electron chi connectivity index (χ3n) is 5.73. The van der Waals surface area contributed by atoms with Crippen LogP contribution in [0.5, 0.6) is 0 Å². The summed E-state index contributed by atoms with van der Waals surface area (Å²) in [5.41, 5.74) is 1.43. The highest BCUT2D eigenvalue weighted by Crippen LogP contribution is 2.19. The maximum atomic E-state index is 13.3. The van der Waals surface area contributed by atoms with E-state index in [4.69, 9.17) is 0 Å². The lowest BCUT2D eigenvalue weighted by Gasteiger charge is -2.35. The number of nitrogens with zero attached hydrogens (tertiary/aromatic N) is 6. The van der Waals surface area contributed by atoms with Crippen LogP contribution in [-0.4, -0.2) is 62.5 Å². The number of hydrogen-bond acceptors (Lipinski definition) is 6. The van der Waals surface area contributed by atoms with Crippen molar-refractivity contribution < 1.29 is 9.59 Å². The Hall–Kier alpha value is -4.33. The standard InChI is InChI=1S/C25H22N6O2/c32-24(19-6-2-1-3-7-19)20-8-4-5-9-21(20)25(33)30-16-14-29(15-17-30)22-10-11-23(28-27-22)31-13-12-26-18-31/h1-13,18H,14-17H2. The fraction of sp³-hybridized carbons (Fsp3) is 0.160. The highest BCUT2D eigenvalue weighted by Gasteiger charge is 2.26. The fourth-order valence-corrected chi connectivity index (χ4v) is 3.94. The minimum atomic E-state index is -0.147. The molecule has 4 aromatic rings. The van der Waals surface area contributed by atoms with Crippen molar-refractivity contribution in [2.24, 2.45) is 0 Å². The summed E-state index contributed by atoms with van der Waals surface area (Å²) < 4.78 is 1.79. The van der Waals surface area contributed by atoms with Gasteiger partial charge in [0.05, 0.1) is 5.56 Å². The molecule has 1 aliphatic heterocycles. The topological polar surface area (TPSA) is 84.2 Å². The molecule has 0 unspecified atom stereocenters. The van der Waals surface area contributed by atoms with Gasteiger partial charge in [0.15, 0.2) is 17.4 Å². The summed E-state index contributed by atoms with van der Waals surface area (Å²) in [6, 6.07) is 19.9. The lowest BCUT2D eigenvalue weighted by Crippen LogP contribution is -2.49. The zero-order valence-electron chi connectivity index (χ0n) is 17.9. The van der Waals surface area contributed by atoms with Gasteiger partial charge in [-0.1, -0.05) is 48.5 Å². The van der Waals surface area contributed by atoms with Crippen LogP contribution in [0, 0.1) is 0 Å². The Labute approximate surface area is 191 Å². The first-order chi connectivity index (χ1) is 16.2. The SMILES string of the molecule is O=C(c1ccccc1)c1ccccc1C(=O)N1CCN(c2ccc(-n3ccnc3)nn2)CC1. The molecule has 0 N–H and O–H groups in total. The highest BCUT2D eigenvalue weighted by molar-refractivity contribution is 6.15. The smallest absolute Gasteiger partial charge is 0.254 e.